The lowest BCUT2D eigenvalue weighted by Crippen LogP contribution is -2.36. The van der Waals surface area contributed by atoms with Crippen LogP contribution < -0.4 is 0 Å². The second kappa shape index (κ2) is 5.65. The number of nitrogens with zero attached hydrogens (tertiary/aromatic N) is 3. The number of hydrogen-bond acceptors (Lipinski definition) is 3. The van der Waals surface area contributed by atoms with Gasteiger partial charge < -0.3 is 5.11 Å². The van der Waals surface area contributed by atoms with E-state index in [-0.39, 0.29) is 0 Å². The Labute approximate surface area is 100 Å². The fourth-order valence-electron chi connectivity index (χ4n) is 2.19. The van der Waals surface area contributed by atoms with Gasteiger partial charge in [0.25, 0.3) is 0 Å². The summed E-state index contributed by atoms with van der Waals surface area (Å²) in [5, 5.41) is 19.3. The third-order valence-electron chi connectivity index (χ3n) is 3.10. The van der Waals surface area contributed by atoms with E-state index >= 15 is 0 Å². The summed E-state index contributed by atoms with van der Waals surface area (Å²) in [6.07, 6.45) is 6.67. The van der Waals surface area contributed by atoms with E-state index in [9.17, 15) is 9.90 Å². The van der Waals surface area contributed by atoms with Crippen LogP contribution in [0.15, 0.2) is 6.20 Å². The monoisotopic (exact) mass is 237 g/mol. The highest BCUT2D eigenvalue weighted by molar-refractivity contribution is 5.66. The van der Waals surface area contributed by atoms with E-state index in [4.69, 9.17) is 0 Å². The third-order valence-corrected chi connectivity index (χ3v) is 3.10. The average Bonchev–Trinajstić information content (AvgIpc) is 2.83. The molecular weight excluding hydrogens is 220 g/mol. The summed E-state index contributed by atoms with van der Waals surface area (Å²) in [4.78, 5) is 12.7. The van der Waals surface area contributed by atoms with Gasteiger partial charge in [0.1, 0.15) is 0 Å². The number of amides is 1. The SMILES string of the molecule is O=C(O)N(CCc1c[nH]nn1)[C]1CCCCC1. The molecule has 2 rings (SSSR count). The van der Waals surface area contributed by atoms with Crippen LogP contribution in [0.4, 0.5) is 4.79 Å². The van der Waals surface area contributed by atoms with Gasteiger partial charge in [-0.15, -0.1) is 5.10 Å². The zero-order chi connectivity index (χ0) is 12.1. The van der Waals surface area contributed by atoms with Gasteiger partial charge in [0.15, 0.2) is 0 Å². The molecular formula is C11H17N4O2. The summed E-state index contributed by atoms with van der Waals surface area (Å²) in [5.74, 6) is 0. The number of carboxylic acid groups (broad SMARTS) is 1. The van der Waals surface area contributed by atoms with Crippen LogP contribution in [0.2, 0.25) is 0 Å². The van der Waals surface area contributed by atoms with E-state index in [0.717, 1.165) is 37.4 Å². The van der Waals surface area contributed by atoms with E-state index in [1.807, 2.05) is 0 Å². The van der Waals surface area contributed by atoms with Gasteiger partial charge in [-0.2, -0.15) is 0 Å². The fraction of sp³-hybridized carbons (Fsp3) is 0.636. The first-order valence-electron chi connectivity index (χ1n) is 5.98. The van der Waals surface area contributed by atoms with Crippen molar-refractivity contribution in [1.29, 1.82) is 0 Å². The van der Waals surface area contributed by atoms with Crippen LogP contribution >= 0.6 is 0 Å². The minimum absolute atomic E-state index is 0.469. The molecule has 93 valence electrons. The van der Waals surface area contributed by atoms with Crippen molar-refractivity contribution in [3.8, 4) is 0 Å². The molecule has 2 N–H and O–H groups in total. The molecule has 0 saturated heterocycles. The highest BCUT2D eigenvalue weighted by Crippen LogP contribution is 2.28. The lowest BCUT2D eigenvalue weighted by molar-refractivity contribution is 0.140. The van der Waals surface area contributed by atoms with Crippen molar-refractivity contribution in [3.05, 3.63) is 17.9 Å². The average molecular weight is 237 g/mol. The van der Waals surface area contributed by atoms with E-state index in [1.165, 1.54) is 11.3 Å². The molecule has 17 heavy (non-hydrogen) atoms. The molecule has 6 nitrogen and oxygen atoms in total. The number of nitrogens with one attached hydrogen (secondary N) is 1. The largest absolute Gasteiger partial charge is 0.465 e. The Morgan fingerprint density at radius 1 is 1.41 bits per heavy atom. The zero-order valence-corrected chi connectivity index (χ0v) is 9.72. The summed E-state index contributed by atoms with van der Waals surface area (Å²) in [5.41, 5.74) is 0.799. The van der Waals surface area contributed by atoms with Crippen molar-refractivity contribution in [2.45, 2.75) is 38.5 Å². The number of H-pyrrole nitrogens is 1. The topological polar surface area (TPSA) is 82.1 Å². The molecule has 1 amide bonds. The Morgan fingerprint density at radius 2 is 2.18 bits per heavy atom. The van der Waals surface area contributed by atoms with Crippen LogP contribution in [0.1, 0.15) is 37.8 Å². The summed E-state index contributed by atoms with van der Waals surface area (Å²) in [6, 6.07) is 1.05. The van der Waals surface area contributed by atoms with Crippen molar-refractivity contribution in [2.75, 3.05) is 6.54 Å². The summed E-state index contributed by atoms with van der Waals surface area (Å²) < 4.78 is 0. The molecule has 0 aromatic carbocycles. The van der Waals surface area contributed by atoms with E-state index in [1.54, 1.807) is 6.20 Å². The fourth-order valence-corrected chi connectivity index (χ4v) is 2.19. The molecule has 1 aliphatic carbocycles. The Kier molecular flexibility index (Phi) is 3.95. The molecule has 1 aromatic heterocycles. The van der Waals surface area contributed by atoms with Crippen LogP contribution in [0.25, 0.3) is 0 Å². The number of rotatable bonds is 4. The Morgan fingerprint density at radius 3 is 2.76 bits per heavy atom. The first-order chi connectivity index (χ1) is 8.27. The first kappa shape index (κ1) is 11.9. The molecule has 0 atom stereocenters. The normalized spacial score (nSPS) is 16.9. The van der Waals surface area contributed by atoms with Gasteiger partial charge in [0, 0.05) is 19.2 Å². The molecule has 6 heteroatoms. The van der Waals surface area contributed by atoms with Gasteiger partial charge in [-0.3, -0.25) is 10.00 Å². The van der Waals surface area contributed by atoms with Gasteiger partial charge in [-0.05, 0) is 12.8 Å². The van der Waals surface area contributed by atoms with Gasteiger partial charge in [-0.25, -0.2) is 4.79 Å². The van der Waals surface area contributed by atoms with E-state index in [2.05, 4.69) is 15.4 Å². The van der Waals surface area contributed by atoms with Crippen molar-refractivity contribution in [3.63, 3.8) is 0 Å². The second-order valence-corrected chi connectivity index (χ2v) is 4.28. The molecule has 1 fully saturated rings. The summed E-state index contributed by atoms with van der Waals surface area (Å²) in [7, 11) is 0. The lowest BCUT2D eigenvalue weighted by atomic mass is 9.94. The smallest absolute Gasteiger partial charge is 0.407 e. The highest BCUT2D eigenvalue weighted by atomic mass is 16.4. The van der Waals surface area contributed by atoms with Gasteiger partial charge in [-0.1, -0.05) is 24.5 Å². The van der Waals surface area contributed by atoms with Gasteiger partial charge in [0.05, 0.1) is 11.7 Å². The Balaban J connectivity index is 1.90. The number of hydrogen-bond donors (Lipinski definition) is 2. The maximum Gasteiger partial charge on any atom is 0.407 e. The van der Waals surface area contributed by atoms with Crippen molar-refractivity contribution in [1.82, 2.24) is 20.3 Å². The minimum Gasteiger partial charge on any atom is -0.465 e. The van der Waals surface area contributed by atoms with Gasteiger partial charge in [0.2, 0.25) is 0 Å². The van der Waals surface area contributed by atoms with E-state index in [0.29, 0.717) is 13.0 Å². The van der Waals surface area contributed by atoms with E-state index < -0.39 is 6.09 Å². The van der Waals surface area contributed by atoms with Crippen molar-refractivity contribution >= 4 is 6.09 Å². The molecule has 1 saturated carbocycles. The molecule has 1 aromatic rings. The second-order valence-electron chi connectivity index (χ2n) is 4.28. The highest BCUT2D eigenvalue weighted by Gasteiger charge is 2.25. The van der Waals surface area contributed by atoms with Crippen molar-refractivity contribution < 1.29 is 9.90 Å². The van der Waals surface area contributed by atoms with Crippen LogP contribution in [-0.2, 0) is 6.42 Å². The quantitative estimate of drug-likeness (QED) is 0.836. The Hall–Kier alpha value is -1.59. The lowest BCUT2D eigenvalue weighted by Gasteiger charge is -2.31. The van der Waals surface area contributed by atoms with Crippen LogP contribution in [0.5, 0.6) is 0 Å². The molecule has 0 aliphatic heterocycles. The molecule has 1 heterocycles. The number of aromatic amines is 1. The summed E-state index contributed by atoms with van der Waals surface area (Å²) in [6.45, 7) is 0.469. The molecule has 1 aliphatic rings. The number of carbonyl (C=O) groups is 1. The Bertz CT molecular complexity index is 346. The summed E-state index contributed by atoms with van der Waals surface area (Å²) >= 11 is 0. The maximum absolute atomic E-state index is 11.2. The minimum atomic E-state index is -0.856. The molecule has 0 bridgehead atoms. The van der Waals surface area contributed by atoms with Crippen molar-refractivity contribution in [2.24, 2.45) is 0 Å². The molecule has 1 radical (unpaired) electrons. The van der Waals surface area contributed by atoms with Crippen LogP contribution in [-0.4, -0.2) is 38.1 Å². The molecule has 0 unspecified atom stereocenters. The molecule has 0 spiro atoms. The third kappa shape index (κ3) is 3.18. The first-order valence-corrected chi connectivity index (χ1v) is 5.98. The predicted molar refractivity (Wildman–Crippen MR) is 61.1 cm³/mol. The van der Waals surface area contributed by atoms with Crippen LogP contribution in [0, 0.1) is 6.04 Å². The zero-order valence-electron chi connectivity index (χ0n) is 9.72. The predicted octanol–water partition coefficient (Wildman–Crippen LogP) is 1.82. The standard InChI is InChI=1S/C11H17N4O2/c16-11(17)15(10-4-2-1-3-5-10)7-6-9-8-12-14-13-9/h8H,1-7H2,(H,16,17)(H,12,13,14). The van der Waals surface area contributed by atoms with Gasteiger partial charge >= 0.3 is 6.09 Å². The maximum atomic E-state index is 11.2. The number of aromatic nitrogens is 3. The van der Waals surface area contributed by atoms with Crippen LogP contribution in [0.3, 0.4) is 0 Å².